The monoisotopic (exact) mass is 239 g/mol. The van der Waals surface area contributed by atoms with Crippen LogP contribution >= 0.6 is 0 Å². The Labute approximate surface area is 97.0 Å². The second-order valence-electron chi connectivity index (χ2n) is 3.72. The van der Waals surface area contributed by atoms with E-state index in [1.165, 1.54) is 6.20 Å². The van der Waals surface area contributed by atoms with Crippen LogP contribution in [-0.4, -0.2) is 58.3 Å². The molecule has 92 valence electrons. The number of amides is 1. The minimum atomic E-state index is -0.351. The number of hydrogen-bond donors (Lipinski definition) is 2. The summed E-state index contributed by atoms with van der Waals surface area (Å²) in [7, 11) is 0. The Morgan fingerprint density at radius 3 is 3.18 bits per heavy atom. The molecule has 0 radical (unpaired) electrons. The highest BCUT2D eigenvalue weighted by Crippen LogP contribution is 2.07. The van der Waals surface area contributed by atoms with Gasteiger partial charge >= 0.3 is 0 Å². The van der Waals surface area contributed by atoms with Crippen LogP contribution in [0, 0.1) is 0 Å². The van der Waals surface area contributed by atoms with Gasteiger partial charge in [0, 0.05) is 19.3 Å². The fraction of sp³-hybridized carbons (Fsp3) is 0.500. The van der Waals surface area contributed by atoms with Gasteiger partial charge in [-0.15, -0.1) is 0 Å². The van der Waals surface area contributed by atoms with Gasteiger partial charge in [-0.2, -0.15) is 0 Å². The molecule has 17 heavy (non-hydrogen) atoms. The van der Waals surface area contributed by atoms with Gasteiger partial charge in [0.2, 0.25) is 0 Å². The highest BCUT2D eigenvalue weighted by atomic mass is 16.5. The number of ether oxygens (including phenoxy) is 1. The van der Waals surface area contributed by atoms with E-state index >= 15 is 0 Å². The van der Waals surface area contributed by atoms with Crippen LogP contribution in [0.15, 0.2) is 17.2 Å². The van der Waals surface area contributed by atoms with Crippen LogP contribution in [0.3, 0.4) is 0 Å². The van der Waals surface area contributed by atoms with E-state index in [0.717, 1.165) is 6.20 Å². The van der Waals surface area contributed by atoms with Crippen LogP contribution in [0.2, 0.25) is 0 Å². The average Bonchev–Trinajstić information content (AvgIpc) is 2.39. The van der Waals surface area contributed by atoms with Crippen LogP contribution in [0.4, 0.5) is 0 Å². The lowest BCUT2D eigenvalue weighted by atomic mass is 10.2. The highest BCUT2D eigenvalue weighted by Gasteiger charge is 2.25. The summed E-state index contributed by atoms with van der Waals surface area (Å²) >= 11 is 0. The Morgan fingerprint density at radius 2 is 2.53 bits per heavy atom. The maximum Gasteiger partial charge on any atom is 0.274 e. The number of H-pyrrole nitrogens is 1. The smallest absolute Gasteiger partial charge is 0.274 e. The molecule has 1 fully saturated rings. The quantitative estimate of drug-likeness (QED) is 0.662. The zero-order valence-corrected chi connectivity index (χ0v) is 9.13. The molecule has 2 rings (SSSR count). The molecule has 2 N–H and O–H groups in total. The summed E-state index contributed by atoms with van der Waals surface area (Å²) in [5, 5.41) is 8.97. The topological polar surface area (TPSA) is 95.5 Å². The van der Waals surface area contributed by atoms with E-state index in [-0.39, 0.29) is 29.9 Å². The summed E-state index contributed by atoms with van der Waals surface area (Å²) < 4.78 is 5.24. The number of aliphatic hydroxyl groups excluding tert-OH is 1. The predicted molar refractivity (Wildman–Crippen MR) is 57.6 cm³/mol. The van der Waals surface area contributed by atoms with Crippen molar-refractivity contribution < 1.29 is 14.6 Å². The standard InChI is InChI=1S/C10H13N3O4/c14-6-7-5-13(1-2-17-7)10(16)8-3-12-9(15)4-11-8/h3-4,7,14H,1-2,5-6H2,(H,12,15). The first-order valence-corrected chi connectivity index (χ1v) is 5.27. The van der Waals surface area contributed by atoms with Crippen molar-refractivity contribution in [3.8, 4) is 0 Å². The molecule has 1 amide bonds. The first-order chi connectivity index (χ1) is 8.20. The molecule has 1 unspecified atom stereocenters. The van der Waals surface area contributed by atoms with Crippen molar-refractivity contribution >= 4 is 5.91 Å². The van der Waals surface area contributed by atoms with Gasteiger partial charge in [-0.05, 0) is 0 Å². The van der Waals surface area contributed by atoms with Gasteiger partial charge in [0.1, 0.15) is 5.69 Å². The lowest BCUT2D eigenvalue weighted by Crippen LogP contribution is -2.47. The SMILES string of the molecule is O=C(c1c[nH]c(=O)cn1)N1CCOC(CO)C1. The average molecular weight is 239 g/mol. The Bertz CT molecular complexity index is 439. The van der Waals surface area contributed by atoms with Crippen molar-refractivity contribution in [2.45, 2.75) is 6.10 Å². The molecule has 0 spiro atoms. The Kier molecular flexibility index (Phi) is 3.50. The number of morpholine rings is 1. The minimum Gasteiger partial charge on any atom is -0.394 e. The molecule has 7 heteroatoms. The number of aromatic amines is 1. The molecule has 7 nitrogen and oxygen atoms in total. The molecule has 0 aromatic carbocycles. The van der Waals surface area contributed by atoms with E-state index in [2.05, 4.69) is 9.97 Å². The van der Waals surface area contributed by atoms with Gasteiger partial charge in [0.05, 0.1) is 25.5 Å². The van der Waals surface area contributed by atoms with Gasteiger partial charge in [-0.25, -0.2) is 4.98 Å². The third kappa shape index (κ3) is 2.69. The molecule has 0 bridgehead atoms. The van der Waals surface area contributed by atoms with Gasteiger partial charge in [0.15, 0.2) is 0 Å². The van der Waals surface area contributed by atoms with Crippen LogP contribution in [0.25, 0.3) is 0 Å². The molecular formula is C10H13N3O4. The third-order valence-electron chi connectivity index (χ3n) is 2.52. The third-order valence-corrected chi connectivity index (χ3v) is 2.52. The number of nitrogens with zero attached hydrogens (tertiary/aromatic N) is 2. The number of aromatic nitrogens is 2. The Hall–Kier alpha value is -1.73. The van der Waals surface area contributed by atoms with Crippen LogP contribution in [0.1, 0.15) is 10.5 Å². The first-order valence-electron chi connectivity index (χ1n) is 5.27. The molecule has 1 aliphatic heterocycles. The zero-order valence-electron chi connectivity index (χ0n) is 9.13. The Morgan fingerprint density at radius 1 is 1.71 bits per heavy atom. The van der Waals surface area contributed by atoms with E-state index < -0.39 is 0 Å². The van der Waals surface area contributed by atoms with Crippen molar-refractivity contribution in [1.82, 2.24) is 14.9 Å². The maximum atomic E-state index is 12.0. The van der Waals surface area contributed by atoms with Crippen LogP contribution < -0.4 is 5.56 Å². The highest BCUT2D eigenvalue weighted by molar-refractivity contribution is 5.92. The summed E-state index contributed by atoms with van der Waals surface area (Å²) in [6, 6.07) is 0. The van der Waals surface area contributed by atoms with Crippen molar-refractivity contribution in [3.05, 3.63) is 28.4 Å². The second-order valence-corrected chi connectivity index (χ2v) is 3.72. The summed E-state index contributed by atoms with van der Waals surface area (Å²) in [6.07, 6.45) is 2.00. The van der Waals surface area contributed by atoms with E-state index in [4.69, 9.17) is 9.84 Å². The van der Waals surface area contributed by atoms with E-state index in [1.807, 2.05) is 0 Å². The lowest BCUT2D eigenvalue weighted by Gasteiger charge is -2.31. The summed E-state index contributed by atoms with van der Waals surface area (Å²) in [5.41, 5.74) is -0.167. The van der Waals surface area contributed by atoms with E-state index in [1.54, 1.807) is 4.90 Å². The molecule has 1 atom stereocenters. The molecule has 0 saturated carbocycles. The van der Waals surface area contributed by atoms with Gasteiger partial charge in [0.25, 0.3) is 11.5 Å². The number of nitrogens with one attached hydrogen (secondary N) is 1. The fourth-order valence-corrected chi connectivity index (χ4v) is 1.64. The predicted octanol–water partition coefficient (Wildman–Crippen LogP) is -1.40. The summed E-state index contributed by atoms with van der Waals surface area (Å²) in [6.45, 7) is 1.05. The molecular weight excluding hydrogens is 226 g/mol. The molecule has 2 heterocycles. The molecule has 0 aliphatic carbocycles. The van der Waals surface area contributed by atoms with Crippen molar-refractivity contribution in [2.75, 3.05) is 26.3 Å². The zero-order chi connectivity index (χ0) is 12.3. The Balaban J connectivity index is 2.09. The number of hydrogen-bond acceptors (Lipinski definition) is 5. The van der Waals surface area contributed by atoms with Gasteiger partial charge in [-0.1, -0.05) is 0 Å². The van der Waals surface area contributed by atoms with Crippen molar-refractivity contribution in [1.29, 1.82) is 0 Å². The second kappa shape index (κ2) is 5.07. The maximum absolute atomic E-state index is 12.0. The van der Waals surface area contributed by atoms with Gasteiger partial charge in [-0.3, -0.25) is 9.59 Å². The summed E-state index contributed by atoms with van der Waals surface area (Å²) in [5.74, 6) is -0.275. The molecule has 1 aromatic heterocycles. The van der Waals surface area contributed by atoms with E-state index in [9.17, 15) is 9.59 Å². The van der Waals surface area contributed by atoms with Crippen LogP contribution in [0.5, 0.6) is 0 Å². The normalized spacial score (nSPS) is 20.3. The number of carbonyl (C=O) groups is 1. The summed E-state index contributed by atoms with van der Waals surface area (Å²) in [4.78, 5) is 30.5. The van der Waals surface area contributed by atoms with Crippen molar-refractivity contribution in [3.63, 3.8) is 0 Å². The number of carbonyl (C=O) groups excluding carboxylic acids is 1. The van der Waals surface area contributed by atoms with Gasteiger partial charge < -0.3 is 19.7 Å². The molecule has 1 aliphatic rings. The number of rotatable bonds is 2. The van der Waals surface area contributed by atoms with E-state index in [0.29, 0.717) is 19.7 Å². The molecule has 1 saturated heterocycles. The first kappa shape index (κ1) is 11.7. The minimum absolute atomic E-state index is 0.122. The lowest BCUT2D eigenvalue weighted by molar-refractivity contribution is -0.0448. The van der Waals surface area contributed by atoms with Crippen LogP contribution in [-0.2, 0) is 4.74 Å². The largest absolute Gasteiger partial charge is 0.394 e. The fourth-order valence-electron chi connectivity index (χ4n) is 1.64. The number of aliphatic hydroxyl groups is 1. The molecule has 1 aromatic rings. The van der Waals surface area contributed by atoms with Crippen molar-refractivity contribution in [2.24, 2.45) is 0 Å².